The molecule has 0 aliphatic heterocycles. The van der Waals surface area contributed by atoms with E-state index in [0.29, 0.717) is 17.8 Å². The van der Waals surface area contributed by atoms with Gasteiger partial charge in [-0.05, 0) is 24.6 Å². The van der Waals surface area contributed by atoms with Crippen LogP contribution in [-0.2, 0) is 6.42 Å². The van der Waals surface area contributed by atoms with Gasteiger partial charge in [-0.3, -0.25) is 4.79 Å². The Morgan fingerprint density at radius 1 is 1.42 bits per heavy atom. The number of aromatic hydroxyl groups is 1. The quantitative estimate of drug-likeness (QED) is 0.775. The maximum Gasteiger partial charge on any atom is 0.262 e. The van der Waals surface area contributed by atoms with E-state index >= 15 is 0 Å². The molecule has 0 aliphatic rings. The smallest absolute Gasteiger partial charge is 0.262 e. The van der Waals surface area contributed by atoms with Gasteiger partial charge >= 0.3 is 0 Å². The number of aromatic amines is 1. The summed E-state index contributed by atoms with van der Waals surface area (Å²) < 4.78 is 12.8. The first-order chi connectivity index (χ1) is 8.97. The average molecular weight is 263 g/mol. The molecule has 6 heteroatoms. The van der Waals surface area contributed by atoms with Gasteiger partial charge in [-0.2, -0.15) is 4.98 Å². The van der Waals surface area contributed by atoms with Crippen molar-refractivity contribution < 1.29 is 9.50 Å². The lowest BCUT2D eigenvalue weighted by Gasteiger charge is -2.07. The number of H-pyrrole nitrogens is 1. The van der Waals surface area contributed by atoms with Crippen molar-refractivity contribution in [3.63, 3.8) is 0 Å². The van der Waals surface area contributed by atoms with E-state index in [4.69, 9.17) is 5.73 Å². The number of nitrogens with one attached hydrogen (secondary N) is 1. The van der Waals surface area contributed by atoms with Crippen molar-refractivity contribution in [1.29, 1.82) is 0 Å². The minimum absolute atomic E-state index is 0.0217. The van der Waals surface area contributed by atoms with Gasteiger partial charge in [-0.15, -0.1) is 0 Å². The molecule has 0 bridgehead atoms. The highest BCUT2D eigenvalue weighted by atomic mass is 19.1. The van der Waals surface area contributed by atoms with Gasteiger partial charge in [0.1, 0.15) is 17.2 Å². The Hall–Kier alpha value is -2.21. The Morgan fingerprint density at radius 2 is 2.05 bits per heavy atom. The van der Waals surface area contributed by atoms with E-state index in [0.717, 1.165) is 0 Å². The molecule has 4 N–H and O–H groups in total. The van der Waals surface area contributed by atoms with E-state index < -0.39 is 11.4 Å². The van der Waals surface area contributed by atoms with Crippen LogP contribution in [0.3, 0.4) is 0 Å². The number of halogens is 1. The molecule has 0 amide bonds. The Bertz CT molecular complexity index is 635. The van der Waals surface area contributed by atoms with Crippen LogP contribution in [0.2, 0.25) is 0 Å². The molecule has 1 aromatic carbocycles. The summed E-state index contributed by atoms with van der Waals surface area (Å²) in [6.45, 7) is 1.77. The standard InChI is InChI=1S/C13H14FN3O2/c1-7(15)6-10-16-12(18)11(13(19)17-10)8-2-4-9(14)5-3-8/h2-5,7H,6,15H2,1H3,(H2,16,17,18,19). The van der Waals surface area contributed by atoms with Crippen LogP contribution in [0.15, 0.2) is 29.1 Å². The highest BCUT2D eigenvalue weighted by molar-refractivity contribution is 5.67. The van der Waals surface area contributed by atoms with Crippen LogP contribution in [0.1, 0.15) is 12.7 Å². The van der Waals surface area contributed by atoms with Crippen LogP contribution in [0.5, 0.6) is 5.88 Å². The molecule has 1 unspecified atom stereocenters. The topological polar surface area (TPSA) is 92.0 Å². The van der Waals surface area contributed by atoms with Crippen molar-refractivity contribution in [2.24, 2.45) is 5.73 Å². The monoisotopic (exact) mass is 263 g/mol. The summed E-state index contributed by atoms with van der Waals surface area (Å²) in [5.74, 6) is -0.476. The number of aromatic nitrogens is 2. The Kier molecular flexibility index (Phi) is 3.62. The first kappa shape index (κ1) is 13.2. The third kappa shape index (κ3) is 2.97. The molecule has 0 saturated heterocycles. The normalized spacial score (nSPS) is 12.4. The number of hydrogen-bond donors (Lipinski definition) is 3. The van der Waals surface area contributed by atoms with Crippen molar-refractivity contribution in [1.82, 2.24) is 9.97 Å². The second kappa shape index (κ2) is 5.19. The second-order valence-corrected chi connectivity index (χ2v) is 4.40. The van der Waals surface area contributed by atoms with Gasteiger partial charge in [0.2, 0.25) is 5.88 Å². The van der Waals surface area contributed by atoms with Gasteiger partial charge in [0, 0.05) is 12.5 Å². The fraction of sp³-hybridized carbons (Fsp3) is 0.231. The predicted octanol–water partition coefficient (Wildman–Crippen LogP) is 1.17. The molecular weight excluding hydrogens is 249 g/mol. The number of rotatable bonds is 3. The molecule has 0 saturated carbocycles. The maximum atomic E-state index is 12.8. The van der Waals surface area contributed by atoms with E-state index in [1.54, 1.807) is 6.92 Å². The van der Waals surface area contributed by atoms with Crippen molar-refractivity contribution >= 4 is 0 Å². The number of hydrogen-bond acceptors (Lipinski definition) is 4. The van der Waals surface area contributed by atoms with Crippen LogP contribution in [0.4, 0.5) is 4.39 Å². The molecule has 0 spiro atoms. The third-order valence-electron chi connectivity index (χ3n) is 2.60. The minimum Gasteiger partial charge on any atom is -0.493 e. The molecule has 5 nitrogen and oxygen atoms in total. The van der Waals surface area contributed by atoms with Gasteiger partial charge < -0.3 is 15.8 Å². The van der Waals surface area contributed by atoms with E-state index in [9.17, 15) is 14.3 Å². The minimum atomic E-state index is -0.477. The first-order valence-corrected chi connectivity index (χ1v) is 5.81. The fourth-order valence-electron chi connectivity index (χ4n) is 1.79. The summed E-state index contributed by atoms with van der Waals surface area (Å²) in [7, 11) is 0. The van der Waals surface area contributed by atoms with E-state index in [1.807, 2.05) is 0 Å². The van der Waals surface area contributed by atoms with Crippen LogP contribution in [0, 0.1) is 5.82 Å². The summed E-state index contributed by atoms with van der Waals surface area (Å²) >= 11 is 0. The van der Waals surface area contributed by atoms with Gasteiger partial charge in [0.25, 0.3) is 5.56 Å². The molecule has 1 heterocycles. The summed E-state index contributed by atoms with van der Waals surface area (Å²) in [4.78, 5) is 18.4. The Labute approximate surface area is 108 Å². The number of nitrogens with zero attached hydrogens (tertiary/aromatic N) is 1. The van der Waals surface area contributed by atoms with Gasteiger partial charge in [-0.1, -0.05) is 12.1 Å². The number of benzene rings is 1. The van der Waals surface area contributed by atoms with Crippen LogP contribution in [-0.4, -0.2) is 21.1 Å². The van der Waals surface area contributed by atoms with Crippen molar-refractivity contribution in [2.75, 3.05) is 0 Å². The Balaban J connectivity index is 2.48. The van der Waals surface area contributed by atoms with E-state index in [2.05, 4.69) is 9.97 Å². The fourth-order valence-corrected chi connectivity index (χ4v) is 1.79. The zero-order valence-corrected chi connectivity index (χ0v) is 10.4. The highest BCUT2D eigenvalue weighted by Crippen LogP contribution is 2.23. The lowest BCUT2D eigenvalue weighted by molar-refractivity contribution is 0.449. The van der Waals surface area contributed by atoms with Crippen molar-refractivity contribution in [3.8, 4) is 17.0 Å². The lowest BCUT2D eigenvalue weighted by Crippen LogP contribution is -2.22. The maximum absolute atomic E-state index is 12.8. The predicted molar refractivity (Wildman–Crippen MR) is 69.3 cm³/mol. The van der Waals surface area contributed by atoms with Crippen LogP contribution in [0.25, 0.3) is 11.1 Å². The lowest BCUT2D eigenvalue weighted by atomic mass is 10.1. The second-order valence-electron chi connectivity index (χ2n) is 4.40. The third-order valence-corrected chi connectivity index (χ3v) is 2.60. The summed E-state index contributed by atoms with van der Waals surface area (Å²) in [6, 6.07) is 5.06. The zero-order chi connectivity index (χ0) is 14.0. The average Bonchev–Trinajstić information content (AvgIpc) is 2.29. The molecule has 100 valence electrons. The number of nitrogens with two attached hydrogens (primary N) is 1. The van der Waals surface area contributed by atoms with Gasteiger partial charge in [0.05, 0.1) is 0 Å². The molecule has 0 fully saturated rings. The molecule has 0 radical (unpaired) electrons. The van der Waals surface area contributed by atoms with Crippen molar-refractivity contribution in [3.05, 3.63) is 46.3 Å². The van der Waals surface area contributed by atoms with Gasteiger partial charge in [0.15, 0.2) is 0 Å². The summed E-state index contributed by atoms with van der Waals surface area (Å²) in [6.07, 6.45) is 0.354. The Morgan fingerprint density at radius 3 is 2.58 bits per heavy atom. The highest BCUT2D eigenvalue weighted by Gasteiger charge is 2.13. The SMILES string of the molecule is CC(N)Cc1nc(O)c(-c2ccc(F)cc2)c(=O)[nH]1. The summed E-state index contributed by atoms with van der Waals surface area (Å²) in [5.41, 5.74) is 5.55. The molecular formula is C13H14FN3O2. The van der Waals surface area contributed by atoms with Crippen molar-refractivity contribution in [2.45, 2.75) is 19.4 Å². The molecule has 1 atom stereocenters. The molecule has 2 rings (SSSR count). The van der Waals surface area contributed by atoms with E-state index in [-0.39, 0.29) is 17.5 Å². The first-order valence-electron chi connectivity index (χ1n) is 5.81. The van der Waals surface area contributed by atoms with Crippen LogP contribution >= 0.6 is 0 Å². The van der Waals surface area contributed by atoms with Crippen LogP contribution < -0.4 is 11.3 Å². The summed E-state index contributed by atoms with van der Waals surface area (Å²) in [5, 5.41) is 9.84. The molecule has 2 aromatic rings. The molecule has 0 aliphatic carbocycles. The zero-order valence-electron chi connectivity index (χ0n) is 10.4. The van der Waals surface area contributed by atoms with E-state index in [1.165, 1.54) is 24.3 Å². The largest absolute Gasteiger partial charge is 0.493 e. The molecule has 1 aromatic heterocycles. The molecule has 19 heavy (non-hydrogen) atoms. The van der Waals surface area contributed by atoms with Gasteiger partial charge in [-0.25, -0.2) is 4.39 Å².